The molecule has 0 spiro atoms. The van der Waals surface area contributed by atoms with E-state index < -0.39 is 17.8 Å². The van der Waals surface area contributed by atoms with Gasteiger partial charge in [-0.1, -0.05) is 6.07 Å². The van der Waals surface area contributed by atoms with Crippen LogP contribution in [0.25, 0.3) is 0 Å². The van der Waals surface area contributed by atoms with Crippen LogP contribution in [0, 0.1) is 0 Å². The maximum Gasteiger partial charge on any atom is 0.416 e. The molecule has 2 amide bonds. The average molecular weight is 368 g/mol. The molecular weight excluding hydrogens is 353 g/mol. The summed E-state index contributed by atoms with van der Waals surface area (Å²) in [6, 6.07) is 7.40. The number of carbonyl (C=O) groups is 2. The first kappa shape index (κ1) is 17.5. The lowest BCUT2D eigenvalue weighted by Gasteiger charge is -2.23. The smallest absolute Gasteiger partial charge is 0.326 e. The fraction of sp³-hybridized carbons (Fsp3) is 0.294. The number of amides is 2. The van der Waals surface area contributed by atoms with Crippen LogP contribution in [-0.4, -0.2) is 22.8 Å². The molecule has 1 fully saturated rings. The van der Waals surface area contributed by atoms with Gasteiger partial charge in [-0.25, -0.2) is 0 Å². The monoisotopic (exact) mass is 368 g/mol. The van der Waals surface area contributed by atoms with Crippen LogP contribution >= 0.6 is 11.3 Å². The molecule has 0 bridgehead atoms. The molecular formula is C17H15F3N2O2S. The van der Waals surface area contributed by atoms with Crippen molar-refractivity contribution in [2.75, 3.05) is 5.32 Å². The number of benzene rings is 1. The molecule has 4 nitrogen and oxygen atoms in total. The number of rotatable bonds is 4. The Morgan fingerprint density at radius 1 is 1.24 bits per heavy atom. The molecule has 2 heterocycles. The molecule has 1 atom stereocenters. The van der Waals surface area contributed by atoms with Gasteiger partial charge in [0.2, 0.25) is 11.8 Å². The van der Waals surface area contributed by atoms with Gasteiger partial charge < -0.3 is 10.2 Å². The van der Waals surface area contributed by atoms with Gasteiger partial charge >= 0.3 is 6.18 Å². The quantitative estimate of drug-likeness (QED) is 0.890. The van der Waals surface area contributed by atoms with Crippen LogP contribution < -0.4 is 5.32 Å². The van der Waals surface area contributed by atoms with Crippen molar-refractivity contribution in [3.05, 3.63) is 52.2 Å². The number of hydrogen-bond donors (Lipinski definition) is 1. The van der Waals surface area contributed by atoms with Crippen LogP contribution in [0.5, 0.6) is 0 Å². The molecule has 132 valence electrons. The Labute approximate surface area is 146 Å². The van der Waals surface area contributed by atoms with Crippen molar-refractivity contribution in [2.45, 2.75) is 31.6 Å². The first-order valence-corrected chi connectivity index (χ1v) is 8.52. The number of alkyl halides is 3. The topological polar surface area (TPSA) is 49.4 Å². The van der Waals surface area contributed by atoms with Gasteiger partial charge in [-0.2, -0.15) is 13.2 Å². The van der Waals surface area contributed by atoms with E-state index in [1.54, 1.807) is 0 Å². The average Bonchev–Trinajstić information content (AvgIpc) is 3.18. The highest BCUT2D eigenvalue weighted by atomic mass is 32.1. The number of thiophene rings is 1. The van der Waals surface area contributed by atoms with Gasteiger partial charge in [0.1, 0.15) is 6.04 Å². The third-order valence-electron chi connectivity index (χ3n) is 4.02. The predicted octanol–water partition coefficient (Wildman–Crippen LogP) is 3.90. The van der Waals surface area contributed by atoms with Crippen molar-refractivity contribution in [2.24, 2.45) is 0 Å². The second-order valence-electron chi connectivity index (χ2n) is 5.72. The van der Waals surface area contributed by atoms with Crippen LogP contribution in [0.1, 0.15) is 23.3 Å². The first-order valence-electron chi connectivity index (χ1n) is 7.64. The summed E-state index contributed by atoms with van der Waals surface area (Å²) in [5.74, 6) is -0.483. The Bertz CT molecular complexity index is 757. The Morgan fingerprint density at radius 2 is 1.96 bits per heavy atom. The molecule has 1 unspecified atom stereocenters. The Kier molecular flexibility index (Phi) is 4.80. The van der Waals surface area contributed by atoms with Crippen molar-refractivity contribution in [3.8, 4) is 0 Å². The van der Waals surface area contributed by atoms with Crippen LogP contribution in [0.4, 0.5) is 18.9 Å². The minimum atomic E-state index is -4.42. The van der Waals surface area contributed by atoms with Crippen LogP contribution in [0.3, 0.4) is 0 Å². The number of halogens is 3. The molecule has 1 aromatic heterocycles. The van der Waals surface area contributed by atoms with Crippen molar-refractivity contribution in [1.82, 2.24) is 4.90 Å². The summed E-state index contributed by atoms with van der Waals surface area (Å²) in [7, 11) is 0. The molecule has 1 N–H and O–H groups in total. The molecule has 0 saturated carbocycles. The fourth-order valence-electron chi connectivity index (χ4n) is 2.74. The zero-order valence-electron chi connectivity index (χ0n) is 13.0. The Balaban J connectivity index is 1.68. The molecule has 2 aromatic rings. The Morgan fingerprint density at radius 3 is 2.56 bits per heavy atom. The van der Waals surface area contributed by atoms with Gasteiger partial charge in [-0.05, 0) is 42.1 Å². The van der Waals surface area contributed by atoms with Crippen molar-refractivity contribution >= 4 is 28.8 Å². The van der Waals surface area contributed by atoms with Gasteiger partial charge in [0.15, 0.2) is 0 Å². The van der Waals surface area contributed by atoms with Gasteiger partial charge in [-0.15, -0.1) is 11.3 Å². The molecule has 1 aromatic carbocycles. The lowest BCUT2D eigenvalue weighted by atomic mass is 10.1. The minimum Gasteiger partial charge on any atom is -0.326 e. The summed E-state index contributed by atoms with van der Waals surface area (Å²) >= 11 is 1.50. The second-order valence-corrected chi connectivity index (χ2v) is 6.75. The van der Waals surface area contributed by atoms with E-state index in [1.807, 2.05) is 17.5 Å². The maximum absolute atomic E-state index is 12.6. The van der Waals surface area contributed by atoms with E-state index in [1.165, 1.54) is 28.4 Å². The molecule has 1 aliphatic rings. The van der Waals surface area contributed by atoms with Gasteiger partial charge in [0.25, 0.3) is 0 Å². The van der Waals surface area contributed by atoms with E-state index in [0.29, 0.717) is 13.0 Å². The zero-order valence-corrected chi connectivity index (χ0v) is 13.9. The van der Waals surface area contributed by atoms with E-state index in [4.69, 9.17) is 0 Å². The number of likely N-dealkylation sites (tertiary alicyclic amines) is 1. The van der Waals surface area contributed by atoms with Crippen LogP contribution in [0.15, 0.2) is 41.8 Å². The van der Waals surface area contributed by atoms with Crippen molar-refractivity contribution in [1.29, 1.82) is 0 Å². The summed E-state index contributed by atoms with van der Waals surface area (Å²) < 4.78 is 37.7. The molecule has 1 aliphatic heterocycles. The standard InChI is InChI=1S/C17H15F3N2O2S/c18-17(19,20)11-3-5-12(6-4-11)21-16(24)14-7-8-15(23)22(14)10-13-2-1-9-25-13/h1-6,9,14H,7-8,10H2,(H,21,24). The largest absolute Gasteiger partial charge is 0.416 e. The minimum absolute atomic E-state index is 0.0963. The van der Waals surface area contributed by atoms with E-state index in [9.17, 15) is 22.8 Å². The summed E-state index contributed by atoms with van der Waals surface area (Å²) in [6.07, 6.45) is -3.73. The van der Waals surface area contributed by atoms with Crippen LogP contribution in [-0.2, 0) is 22.3 Å². The second kappa shape index (κ2) is 6.87. The number of anilines is 1. The van der Waals surface area contributed by atoms with E-state index in [0.717, 1.165) is 17.0 Å². The lowest BCUT2D eigenvalue weighted by molar-refractivity contribution is -0.137. The molecule has 0 radical (unpaired) electrons. The normalized spacial score (nSPS) is 17.8. The third-order valence-corrected chi connectivity index (χ3v) is 4.88. The predicted molar refractivity (Wildman–Crippen MR) is 88.0 cm³/mol. The summed E-state index contributed by atoms with van der Waals surface area (Å²) in [5.41, 5.74) is -0.505. The highest BCUT2D eigenvalue weighted by molar-refractivity contribution is 7.09. The van der Waals surface area contributed by atoms with E-state index in [-0.39, 0.29) is 23.9 Å². The first-order chi connectivity index (χ1) is 11.8. The van der Waals surface area contributed by atoms with E-state index in [2.05, 4.69) is 5.32 Å². The summed E-state index contributed by atoms with van der Waals surface area (Å²) in [5, 5.41) is 4.49. The highest BCUT2D eigenvalue weighted by Gasteiger charge is 2.36. The number of hydrogen-bond acceptors (Lipinski definition) is 3. The fourth-order valence-corrected chi connectivity index (χ4v) is 3.45. The molecule has 3 rings (SSSR count). The van der Waals surface area contributed by atoms with Gasteiger partial charge in [-0.3, -0.25) is 9.59 Å². The van der Waals surface area contributed by atoms with Crippen molar-refractivity contribution < 1.29 is 22.8 Å². The third kappa shape index (κ3) is 4.01. The van der Waals surface area contributed by atoms with Crippen molar-refractivity contribution in [3.63, 3.8) is 0 Å². The molecule has 25 heavy (non-hydrogen) atoms. The SMILES string of the molecule is O=C(Nc1ccc(C(F)(F)F)cc1)C1CCC(=O)N1Cc1cccs1. The highest BCUT2D eigenvalue weighted by Crippen LogP contribution is 2.30. The van der Waals surface area contributed by atoms with Gasteiger partial charge in [0.05, 0.1) is 12.1 Å². The van der Waals surface area contributed by atoms with Gasteiger partial charge in [0, 0.05) is 17.0 Å². The van der Waals surface area contributed by atoms with E-state index >= 15 is 0 Å². The number of nitrogens with zero attached hydrogens (tertiary/aromatic N) is 1. The Hall–Kier alpha value is -2.35. The molecule has 8 heteroatoms. The molecule has 0 aliphatic carbocycles. The summed E-state index contributed by atoms with van der Waals surface area (Å²) in [6.45, 7) is 0.363. The maximum atomic E-state index is 12.6. The number of carbonyl (C=O) groups excluding carboxylic acids is 2. The summed E-state index contributed by atoms with van der Waals surface area (Å²) in [4.78, 5) is 27.0. The lowest BCUT2D eigenvalue weighted by Crippen LogP contribution is -2.41. The molecule has 1 saturated heterocycles. The zero-order chi connectivity index (χ0) is 18.0. The van der Waals surface area contributed by atoms with Crippen LogP contribution in [0.2, 0.25) is 0 Å². The number of nitrogens with one attached hydrogen (secondary N) is 1.